The Kier molecular flexibility index (Phi) is 5.65. The van der Waals surface area contributed by atoms with E-state index in [2.05, 4.69) is 46.4 Å². The molecule has 1 nitrogen and oxygen atoms in total. The van der Waals surface area contributed by atoms with Crippen molar-refractivity contribution in [2.45, 2.75) is 105 Å². The van der Waals surface area contributed by atoms with Gasteiger partial charge < -0.3 is 5.11 Å². The van der Waals surface area contributed by atoms with Crippen LogP contribution in [-0.4, -0.2) is 11.2 Å². The van der Waals surface area contributed by atoms with E-state index in [0.717, 1.165) is 48.3 Å². The van der Waals surface area contributed by atoms with Crippen molar-refractivity contribution < 1.29 is 5.11 Å². The third-order valence-electron chi connectivity index (χ3n) is 9.93. The van der Waals surface area contributed by atoms with E-state index in [1.165, 1.54) is 56.9 Å². The van der Waals surface area contributed by atoms with Crippen molar-refractivity contribution >= 4 is 0 Å². The van der Waals surface area contributed by atoms with E-state index >= 15 is 0 Å². The first-order chi connectivity index (χ1) is 13.3. The highest BCUT2D eigenvalue weighted by Crippen LogP contribution is 2.66. The van der Waals surface area contributed by atoms with Gasteiger partial charge in [0.1, 0.15) is 0 Å². The van der Waals surface area contributed by atoms with Gasteiger partial charge in [-0.25, -0.2) is 0 Å². The molecule has 4 rings (SSSR count). The monoisotopic (exact) mass is 384 g/mol. The minimum Gasteiger partial charge on any atom is -0.393 e. The minimum atomic E-state index is -0.128. The van der Waals surface area contributed by atoms with Gasteiger partial charge in [0.2, 0.25) is 0 Å². The van der Waals surface area contributed by atoms with Crippen LogP contribution in [0.25, 0.3) is 0 Å². The fraction of sp³-hybridized carbons (Fsp3) is 0.889. The summed E-state index contributed by atoms with van der Waals surface area (Å²) in [5.74, 6) is 5.04. The van der Waals surface area contributed by atoms with Crippen molar-refractivity contribution in [2.24, 2.45) is 46.3 Å². The Morgan fingerprint density at radius 1 is 1.04 bits per heavy atom. The summed E-state index contributed by atoms with van der Waals surface area (Å²) < 4.78 is 0. The third-order valence-corrected chi connectivity index (χ3v) is 9.93. The fourth-order valence-electron chi connectivity index (χ4n) is 8.21. The number of fused-ring (bicyclic) bond motifs is 5. The van der Waals surface area contributed by atoms with E-state index in [4.69, 9.17) is 0 Å². The summed E-state index contributed by atoms with van der Waals surface area (Å²) in [7, 11) is 0. The van der Waals surface area contributed by atoms with Crippen LogP contribution in [0.1, 0.15) is 98.8 Å². The van der Waals surface area contributed by atoms with Crippen molar-refractivity contribution in [3.8, 4) is 0 Å². The predicted molar refractivity (Wildman–Crippen MR) is 118 cm³/mol. The smallest absolute Gasteiger partial charge is 0.0584 e. The first kappa shape index (κ1) is 20.7. The van der Waals surface area contributed by atoms with Crippen LogP contribution in [0, 0.1) is 46.3 Å². The average Bonchev–Trinajstić information content (AvgIpc) is 2.99. The Morgan fingerprint density at radius 2 is 1.82 bits per heavy atom. The highest BCUT2D eigenvalue weighted by Gasteiger charge is 2.58. The first-order valence-electron chi connectivity index (χ1n) is 12.4. The lowest BCUT2D eigenvalue weighted by atomic mass is 9.48. The van der Waals surface area contributed by atoms with Gasteiger partial charge in [-0.15, -0.1) is 5.73 Å². The number of aliphatic hydroxyl groups is 1. The largest absolute Gasteiger partial charge is 0.393 e. The topological polar surface area (TPSA) is 20.2 Å². The standard InChI is InChI=1S/C27H44O/c1-18(2)7-6-8-19(3)23-11-12-24-22-10-9-20-17-21(28)13-15-26(20,4)25(22)14-16-27(23,24)5/h10,18-19,21-25,28H,6-8,11-17H2,1-5H3/t19-,21+,22+,23-,24+,25+,26+,27-/m1/s1. The Hall–Kier alpha value is -0.520. The van der Waals surface area contributed by atoms with Gasteiger partial charge in [-0.1, -0.05) is 53.9 Å². The molecule has 1 heteroatoms. The van der Waals surface area contributed by atoms with Crippen LogP contribution in [0.3, 0.4) is 0 Å². The lowest BCUT2D eigenvalue weighted by molar-refractivity contribution is -0.0368. The van der Waals surface area contributed by atoms with Crippen LogP contribution in [0.15, 0.2) is 17.4 Å². The van der Waals surface area contributed by atoms with Crippen LogP contribution in [0.5, 0.6) is 0 Å². The molecule has 0 radical (unpaired) electrons. The van der Waals surface area contributed by atoms with Gasteiger partial charge in [0.15, 0.2) is 0 Å². The van der Waals surface area contributed by atoms with Crippen molar-refractivity contribution in [2.75, 3.05) is 0 Å². The van der Waals surface area contributed by atoms with E-state index < -0.39 is 0 Å². The van der Waals surface area contributed by atoms with Gasteiger partial charge >= 0.3 is 0 Å². The highest BCUT2D eigenvalue weighted by molar-refractivity contribution is 5.26. The van der Waals surface area contributed by atoms with Crippen molar-refractivity contribution in [3.05, 3.63) is 17.4 Å². The molecule has 0 saturated heterocycles. The van der Waals surface area contributed by atoms with E-state index in [9.17, 15) is 5.11 Å². The van der Waals surface area contributed by atoms with Gasteiger partial charge in [-0.3, -0.25) is 0 Å². The van der Waals surface area contributed by atoms with Crippen LogP contribution in [-0.2, 0) is 0 Å². The zero-order valence-electron chi connectivity index (χ0n) is 19.1. The molecule has 0 aliphatic heterocycles. The Bertz CT molecular complexity index is 641. The Labute approximate surface area is 174 Å². The van der Waals surface area contributed by atoms with E-state index in [1.807, 2.05) is 0 Å². The summed E-state index contributed by atoms with van der Waals surface area (Å²) in [4.78, 5) is 0. The molecule has 3 saturated carbocycles. The SMILES string of the molecule is CC(C)CCC[C@@H](C)[C@H]1CC[C@H]2[C@@H]3C=C=C4C[C@@H](O)CC[C@]4(C)[C@H]3CC[C@]12C. The maximum absolute atomic E-state index is 10.2. The summed E-state index contributed by atoms with van der Waals surface area (Å²) in [6.45, 7) is 12.4. The molecule has 0 amide bonds. The average molecular weight is 385 g/mol. The summed E-state index contributed by atoms with van der Waals surface area (Å²) in [6, 6.07) is 0. The molecule has 0 aromatic carbocycles. The summed E-state index contributed by atoms with van der Waals surface area (Å²) in [5.41, 5.74) is 6.03. The highest BCUT2D eigenvalue weighted by atomic mass is 16.3. The number of aliphatic hydroxyl groups excluding tert-OH is 1. The molecule has 4 aliphatic rings. The second kappa shape index (κ2) is 7.63. The van der Waals surface area contributed by atoms with Crippen molar-refractivity contribution in [1.82, 2.24) is 0 Å². The lowest BCUT2D eigenvalue weighted by Gasteiger charge is -2.56. The number of rotatable bonds is 5. The van der Waals surface area contributed by atoms with Crippen LogP contribution in [0.4, 0.5) is 0 Å². The summed E-state index contributed by atoms with van der Waals surface area (Å²) in [5, 5.41) is 10.2. The maximum Gasteiger partial charge on any atom is 0.0584 e. The fourth-order valence-corrected chi connectivity index (χ4v) is 8.21. The molecule has 1 N–H and O–H groups in total. The second-order valence-corrected chi connectivity index (χ2v) is 11.9. The molecule has 0 aromatic rings. The minimum absolute atomic E-state index is 0.128. The molecular weight excluding hydrogens is 340 g/mol. The Balaban J connectivity index is 1.52. The molecule has 3 fully saturated rings. The molecule has 4 aliphatic carbocycles. The molecule has 0 spiro atoms. The molecule has 0 aromatic heterocycles. The zero-order chi connectivity index (χ0) is 20.1. The molecule has 0 unspecified atom stereocenters. The van der Waals surface area contributed by atoms with Crippen molar-refractivity contribution in [1.29, 1.82) is 0 Å². The van der Waals surface area contributed by atoms with Gasteiger partial charge in [0, 0.05) is 6.42 Å². The van der Waals surface area contributed by atoms with Crippen LogP contribution >= 0.6 is 0 Å². The molecule has 158 valence electrons. The third kappa shape index (κ3) is 3.35. The van der Waals surface area contributed by atoms with E-state index in [0.29, 0.717) is 10.8 Å². The van der Waals surface area contributed by atoms with Crippen molar-refractivity contribution in [3.63, 3.8) is 0 Å². The molecular formula is C27H44O. The van der Waals surface area contributed by atoms with E-state index in [1.54, 1.807) is 0 Å². The molecule has 28 heavy (non-hydrogen) atoms. The van der Waals surface area contributed by atoms with Crippen LogP contribution in [0.2, 0.25) is 0 Å². The van der Waals surface area contributed by atoms with Gasteiger partial charge in [0.05, 0.1) is 6.10 Å². The number of hydrogen-bond donors (Lipinski definition) is 1. The lowest BCUT2D eigenvalue weighted by Crippen LogP contribution is -2.49. The summed E-state index contributed by atoms with van der Waals surface area (Å²) >= 11 is 0. The quantitative estimate of drug-likeness (QED) is 0.499. The molecule has 0 bridgehead atoms. The second-order valence-electron chi connectivity index (χ2n) is 11.9. The predicted octanol–water partition coefficient (Wildman–Crippen LogP) is 7.15. The Morgan fingerprint density at radius 3 is 2.57 bits per heavy atom. The summed E-state index contributed by atoms with van der Waals surface area (Å²) in [6.07, 6.45) is 15.3. The molecule has 8 atom stereocenters. The normalized spacial score (nSPS) is 46.0. The molecule has 0 heterocycles. The van der Waals surface area contributed by atoms with Gasteiger partial charge in [0.25, 0.3) is 0 Å². The van der Waals surface area contributed by atoms with E-state index in [-0.39, 0.29) is 6.10 Å². The number of hydrogen-bond acceptors (Lipinski definition) is 1. The first-order valence-corrected chi connectivity index (χ1v) is 12.4. The van der Waals surface area contributed by atoms with Gasteiger partial charge in [-0.05, 0) is 96.5 Å². The van der Waals surface area contributed by atoms with Crippen LogP contribution < -0.4 is 0 Å². The zero-order valence-corrected chi connectivity index (χ0v) is 19.1. The van der Waals surface area contributed by atoms with Gasteiger partial charge in [-0.2, -0.15) is 0 Å². The maximum atomic E-state index is 10.2.